The molecule has 0 fully saturated rings. The zero-order valence-electron chi connectivity index (χ0n) is 19.8. The number of hydrogen-bond donors (Lipinski definition) is 1. The second-order valence-corrected chi connectivity index (χ2v) is 9.16. The zero-order valence-corrected chi connectivity index (χ0v) is 20.6. The van der Waals surface area contributed by atoms with E-state index in [9.17, 15) is 9.59 Å². The molecule has 1 N–H and O–H groups in total. The van der Waals surface area contributed by atoms with Gasteiger partial charge in [-0.15, -0.1) is 10.2 Å². The minimum Gasteiger partial charge on any atom is -0.457 e. The van der Waals surface area contributed by atoms with Gasteiger partial charge in [-0.2, -0.15) is 0 Å². The molecular weight excluding hydrogens is 474 g/mol. The molecule has 0 aliphatic rings. The van der Waals surface area contributed by atoms with Gasteiger partial charge in [0.05, 0.1) is 16.7 Å². The maximum atomic E-state index is 13.1. The molecule has 0 saturated carbocycles. The van der Waals surface area contributed by atoms with Gasteiger partial charge in [-0.25, -0.2) is 0 Å². The number of nitrogens with one attached hydrogen (secondary N) is 1. The van der Waals surface area contributed by atoms with E-state index in [1.165, 1.54) is 11.8 Å². The Morgan fingerprint density at radius 1 is 0.944 bits per heavy atom. The van der Waals surface area contributed by atoms with Gasteiger partial charge < -0.3 is 10.1 Å². The number of unbranched alkanes of at least 4 members (excludes halogenated alkanes) is 1. The molecule has 1 amide bonds. The second-order valence-electron chi connectivity index (χ2n) is 8.22. The monoisotopic (exact) mass is 499 g/mol. The molecule has 5 aromatic rings. The van der Waals surface area contributed by atoms with Crippen LogP contribution in [0.5, 0.6) is 11.5 Å². The third-order valence-electron chi connectivity index (χ3n) is 5.66. The molecule has 182 valence electrons. The first-order chi connectivity index (χ1) is 17.6. The lowest BCUT2D eigenvalue weighted by atomic mass is 10.2. The lowest BCUT2D eigenvalue weighted by Crippen LogP contribution is -2.23. The van der Waals surface area contributed by atoms with Gasteiger partial charge in [0.15, 0.2) is 5.16 Å². The summed E-state index contributed by atoms with van der Waals surface area (Å²) in [7, 11) is 0. The quantitative estimate of drug-likeness (QED) is 0.274. The molecule has 3 aromatic carbocycles. The van der Waals surface area contributed by atoms with Crippen molar-refractivity contribution in [1.29, 1.82) is 0 Å². The molecule has 0 aliphatic heterocycles. The molecule has 0 unspecified atom stereocenters. The fourth-order valence-electron chi connectivity index (χ4n) is 3.90. The van der Waals surface area contributed by atoms with E-state index >= 15 is 0 Å². The van der Waals surface area contributed by atoms with Crippen LogP contribution in [0.25, 0.3) is 16.7 Å². The average Bonchev–Trinajstić information content (AvgIpc) is 3.33. The van der Waals surface area contributed by atoms with Gasteiger partial charge in [-0.05, 0) is 55.0 Å². The Bertz CT molecular complexity index is 1560. The number of benzene rings is 3. The van der Waals surface area contributed by atoms with Crippen LogP contribution < -0.4 is 15.6 Å². The van der Waals surface area contributed by atoms with Crippen LogP contribution in [0.15, 0.2) is 88.8 Å². The van der Waals surface area contributed by atoms with Crippen molar-refractivity contribution in [2.24, 2.45) is 0 Å². The molecule has 2 heterocycles. The number of ether oxygens (including phenoxy) is 1. The van der Waals surface area contributed by atoms with Gasteiger partial charge >= 0.3 is 0 Å². The lowest BCUT2D eigenvalue weighted by molar-refractivity contribution is -0.113. The molecule has 0 spiro atoms. The lowest BCUT2D eigenvalue weighted by Gasteiger charge is -2.11. The molecule has 2 aromatic heterocycles. The van der Waals surface area contributed by atoms with Crippen molar-refractivity contribution in [2.45, 2.75) is 31.5 Å². The number of amides is 1. The Hall–Kier alpha value is -4.11. The first-order valence-electron chi connectivity index (χ1n) is 11.8. The molecule has 0 aliphatic carbocycles. The van der Waals surface area contributed by atoms with Gasteiger partial charge in [0.1, 0.15) is 11.5 Å². The number of carbonyl (C=O) groups is 1. The van der Waals surface area contributed by atoms with Crippen molar-refractivity contribution in [1.82, 2.24) is 19.2 Å². The summed E-state index contributed by atoms with van der Waals surface area (Å²) in [6, 6.07) is 24.1. The fourth-order valence-corrected chi connectivity index (χ4v) is 4.64. The van der Waals surface area contributed by atoms with E-state index in [0.29, 0.717) is 34.3 Å². The number of carbonyl (C=O) groups excluding carboxylic acids is 1. The number of para-hydroxylation sites is 2. The van der Waals surface area contributed by atoms with Crippen molar-refractivity contribution >= 4 is 40.0 Å². The van der Waals surface area contributed by atoms with Crippen molar-refractivity contribution in [2.75, 3.05) is 11.1 Å². The molecule has 36 heavy (non-hydrogen) atoms. The number of aryl methyl sites for hydroxylation is 1. The van der Waals surface area contributed by atoms with E-state index in [1.807, 2.05) is 71.1 Å². The number of anilines is 1. The van der Waals surface area contributed by atoms with Crippen molar-refractivity contribution in [3.05, 3.63) is 89.2 Å². The number of fused-ring (bicyclic) bond motifs is 3. The minimum atomic E-state index is -0.169. The SMILES string of the molecule is CCCCn1c(=O)c2ccccc2n2c(SCC(=O)Nc3ccc(Oc4ccccc4)cc3)nnc12. The molecule has 5 rings (SSSR count). The van der Waals surface area contributed by atoms with Gasteiger partial charge in [-0.1, -0.05) is 55.4 Å². The third-order valence-corrected chi connectivity index (χ3v) is 6.59. The van der Waals surface area contributed by atoms with E-state index in [-0.39, 0.29) is 17.2 Å². The van der Waals surface area contributed by atoms with E-state index < -0.39 is 0 Å². The summed E-state index contributed by atoms with van der Waals surface area (Å²) >= 11 is 1.28. The number of hydrogen-bond acceptors (Lipinski definition) is 6. The van der Waals surface area contributed by atoms with Crippen LogP contribution >= 0.6 is 11.8 Å². The maximum Gasteiger partial charge on any atom is 0.262 e. The highest BCUT2D eigenvalue weighted by atomic mass is 32.2. The molecule has 8 nitrogen and oxygen atoms in total. The zero-order chi connectivity index (χ0) is 24.9. The molecule has 0 radical (unpaired) electrons. The van der Waals surface area contributed by atoms with E-state index in [2.05, 4.69) is 22.4 Å². The summed E-state index contributed by atoms with van der Waals surface area (Å²) in [6.07, 6.45) is 1.82. The number of thioether (sulfide) groups is 1. The normalized spacial score (nSPS) is 11.1. The average molecular weight is 500 g/mol. The van der Waals surface area contributed by atoms with Crippen molar-refractivity contribution in [3.8, 4) is 11.5 Å². The summed E-state index contributed by atoms with van der Waals surface area (Å²) in [5, 5.41) is 12.7. The predicted molar refractivity (Wildman–Crippen MR) is 142 cm³/mol. The van der Waals surface area contributed by atoms with Crippen LogP contribution in [0, 0.1) is 0 Å². The van der Waals surface area contributed by atoms with Gasteiger partial charge in [0.25, 0.3) is 5.56 Å². The predicted octanol–water partition coefficient (Wildman–Crippen LogP) is 5.37. The Kier molecular flexibility index (Phi) is 6.99. The van der Waals surface area contributed by atoms with Crippen LogP contribution in [0.1, 0.15) is 19.8 Å². The summed E-state index contributed by atoms with van der Waals surface area (Å²) in [5.41, 5.74) is 1.33. The fraction of sp³-hybridized carbons (Fsp3) is 0.185. The van der Waals surface area contributed by atoms with Crippen molar-refractivity contribution in [3.63, 3.8) is 0 Å². The Labute approximate surface area is 211 Å². The summed E-state index contributed by atoms with van der Waals surface area (Å²) in [6.45, 7) is 2.65. The maximum absolute atomic E-state index is 13.1. The second kappa shape index (κ2) is 10.7. The van der Waals surface area contributed by atoms with Crippen LogP contribution in [0.4, 0.5) is 5.69 Å². The molecule has 9 heteroatoms. The Morgan fingerprint density at radius 2 is 1.67 bits per heavy atom. The number of aromatic nitrogens is 4. The van der Waals surface area contributed by atoms with Crippen LogP contribution in [0.3, 0.4) is 0 Å². The van der Waals surface area contributed by atoms with E-state index in [4.69, 9.17) is 4.74 Å². The Morgan fingerprint density at radius 3 is 2.44 bits per heavy atom. The number of nitrogens with zero attached hydrogens (tertiary/aromatic N) is 4. The first-order valence-corrected chi connectivity index (χ1v) is 12.7. The van der Waals surface area contributed by atoms with Crippen molar-refractivity contribution < 1.29 is 9.53 Å². The largest absolute Gasteiger partial charge is 0.457 e. The third kappa shape index (κ3) is 4.96. The van der Waals surface area contributed by atoms with Crippen LogP contribution in [0.2, 0.25) is 0 Å². The van der Waals surface area contributed by atoms with E-state index in [0.717, 1.165) is 24.1 Å². The first kappa shape index (κ1) is 23.6. The minimum absolute atomic E-state index is 0.0760. The molecular formula is C27H25N5O3S. The summed E-state index contributed by atoms with van der Waals surface area (Å²) < 4.78 is 9.32. The number of rotatable bonds is 9. The summed E-state index contributed by atoms with van der Waals surface area (Å²) in [5.74, 6) is 1.90. The van der Waals surface area contributed by atoms with Gasteiger partial charge in [0, 0.05) is 12.2 Å². The highest BCUT2D eigenvalue weighted by Gasteiger charge is 2.17. The molecule has 0 bridgehead atoms. The van der Waals surface area contributed by atoms with Crippen LogP contribution in [-0.4, -0.2) is 30.8 Å². The molecule has 0 atom stereocenters. The van der Waals surface area contributed by atoms with E-state index in [1.54, 1.807) is 16.7 Å². The molecule has 0 saturated heterocycles. The van der Waals surface area contributed by atoms with Gasteiger partial charge in [0.2, 0.25) is 11.7 Å². The standard InChI is InChI=1S/C27H25N5O3S/c1-2-3-17-31-25(34)22-11-7-8-12-23(22)32-26(31)29-30-27(32)36-18-24(33)28-19-13-15-21(16-14-19)35-20-9-5-4-6-10-20/h4-16H,2-3,17-18H2,1H3,(H,28,33). The highest BCUT2D eigenvalue weighted by Crippen LogP contribution is 2.24. The van der Waals surface area contributed by atoms with Gasteiger partial charge in [-0.3, -0.25) is 18.6 Å². The smallest absolute Gasteiger partial charge is 0.262 e. The summed E-state index contributed by atoms with van der Waals surface area (Å²) in [4.78, 5) is 25.7. The highest BCUT2D eigenvalue weighted by molar-refractivity contribution is 7.99. The topological polar surface area (TPSA) is 90.5 Å². The van der Waals surface area contributed by atoms with Crippen LogP contribution in [-0.2, 0) is 11.3 Å². The Balaban J connectivity index is 1.31.